The van der Waals surface area contributed by atoms with Gasteiger partial charge in [0.1, 0.15) is 5.82 Å². The van der Waals surface area contributed by atoms with Crippen LogP contribution >= 0.6 is 0 Å². The first-order valence-electron chi connectivity index (χ1n) is 8.87. The average Bonchev–Trinajstić information content (AvgIpc) is 2.59. The number of likely N-dealkylation sites (N-methyl/N-ethyl adjacent to an activating group) is 1. The number of amides is 2. The van der Waals surface area contributed by atoms with E-state index in [0.717, 1.165) is 43.1 Å². The third-order valence-electron chi connectivity index (χ3n) is 4.60. The molecule has 0 bridgehead atoms. The summed E-state index contributed by atoms with van der Waals surface area (Å²) in [7, 11) is 5.32. The van der Waals surface area contributed by atoms with Crippen LogP contribution in [0.4, 0.5) is 0 Å². The van der Waals surface area contributed by atoms with Gasteiger partial charge in [0, 0.05) is 50.9 Å². The molecule has 0 spiro atoms. The van der Waals surface area contributed by atoms with Crippen LogP contribution in [-0.4, -0.2) is 72.4 Å². The molecule has 1 fully saturated rings. The van der Waals surface area contributed by atoms with Crippen molar-refractivity contribution in [2.45, 2.75) is 38.5 Å². The van der Waals surface area contributed by atoms with Crippen LogP contribution < -0.4 is 5.32 Å². The normalized spacial score (nSPS) is 15.3. The van der Waals surface area contributed by atoms with Crippen LogP contribution in [0.2, 0.25) is 0 Å². The number of rotatable bonds is 6. The second kappa shape index (κ2) is 8.89. The summed E-state index contributed by atoms with van der Waals surface area (Å²) in [4.78, 5) is 36.3. The quantitative estimate of drug-likeness (QED) is 0.821. The van der Waals surface area contributed by atoms with Gasteiger partial charge in [-0.05, 0) is 39.3 Å². The van der Waals surface area contributed by atoms with Crippen molar-refractivity contribution in [2.75, 3.05) is 40.8 Å². The number of hydrogen-bond acceptors (Lipinski definition) is 5. The molecular formula is C18H29N5O2. The molecule has 0 atom stereocenters. The molecule has 2 rings (SSSR count). The van der Waals surface area contributed by atoms with Crippen LogP contribution in [0.1, 0.15) is 42.4 Å². The Morgan fingerprint density at radius 1 is 1.28 bits per heavy atom. The van der Waals surface area contributed by atoms with E-state index in [9.17, 15) is 9.59 Å². The van der Waals surface area contributed by atoms with Crippen molar-refractivity contribution in [3.8, 4) is 0 Å². The average molecular weight is 347 g/mol. The Morgan fingerprint density at radius 2 is 1.96 bits per heavy atom. The number of nitrogens with one attached hydrogen (secondary N) is 1. The number of likely N-dealkylation sites (tertiary alicyclic amines) is 1. The van der Waals surface area contributed by atoms with E-state index in [1.54, 1.807) is 26.0 Å². The second-order valence-corrected chi connectivity index (χ2v) is 6.80. The minimum absolute atomic E-state index is 0.106. The fraction of sp³-hybridized carbons (Fsp3) is 0.667. The van der Waals surface area contributed by atoms with E-state index < -0.39 is 0 Å². The van der Waals surface area contributed by atoms with Gasteiger partial charge in [-0.3, -0.25) is 9.59 Å². The summed E-state index contributed by atoms with van der Waals surface area (Å²) in [5, 5.41) is 2.91. The Balaban J connectivity index is 1.98. The highest BCUT2D eigenvalue weighted by Gasteiger charge is 2.24. The molecule has 0 radical (unpaired) electrons. The Kier molecular flexibility index (Phi) is 6.87. The number of carbonyl (C=O) groups is 2. The number of piperidine rings is 1. The second-order valence-electron chi connectivity index (χ2n) is 6.80. The summed E-state index contributed by atoms with van der Waals surface area (Å²) in [6.07, 6.45) is 2.93. The van der Waals surface area contributed by atoms with Gasteiger partial charge in [0.15, 0.2) is 0 Å². The standard InChI is InChI=1S/C18H29N5O2/c1-13-20-15(5-6-17(24)22(3)4)11-16(21-13)14-7-9-23(10-8-14)18(25)12-19-2/h11,14,19H,5-10,12H2,1-4H3. The first kappa shape index (κ1) is 19.3. The SMILES string of the molecule is CNCC(=O)N1CCC(c2cc(CCC(=O)N(C)C)nc(C)n2)CC1. The zero-order chi connectivity index (χ0) is 18.4. The van der Waals surface area contributed by atoms with E-state index in [0.29, 0.717) is 25.3 Å². The van der Waals surface area contributed by atoms with E-state index in [1.165, 1.54) is 0 Å². The molecule has 1 saturated heterocycles. The lowest BCUT2D eigenvalue weighted by Gasteiger charge is -2.32. The third-order valence-corrected chi connectivity index (χ3v) is 4.60. The van der Waals surface area contributed by atoms with Gasteiger partial charge in [-0.15, -0.1) is 0 Å². The molecule has 1 aromatic rings. The van der Waals surface area contributed by atoms with Gasteiger partial charge in [-0.25, -0.2) is 9.97 Å². The summed E-state index contributed by atoms with van der Waals surface area (Å²) in [5.41, 5.74) is 1.96. The van der Waals surface area contributed by atoms with E-state index >= 15 is 0 Å². The summed E-state index contributed by atoms with van der Waals surface area (Å²) in [5.74, 6) is 1.36. The van der Waals surface area contributed by atoms with E-state index in [1.807, 2.05) is 17.9 Å². The molecule has 0 aromatic carbocycles. The van der Waals surface area contributed by atoms with Crippen LogP contribution in [0.25, 0.3) is 0 Å². The summed E-state index contributed by atoms with van der Waals surface area (Å²) < 4.78 is 0. The van der Waals surface area contributed by atoms with Gasteiger partial charge in [0.25, 0.3) is 0 Å². The lowest BCUT2D eigenvalue weighted by atomic mass is 9.92. The van der Waals surface area contributed by atoms with Crippen molar-refractivity contribution >= 4 is 11.8 Å². The Morgan fingerprint density at radius 3 is 2.56 bits per heavy atom. The monoisotopic (exact) mass is 347 g/mol. The Labute approximate surface area is 149 Å². The molecule has 1 N–H and O–H groups in total. The fourth-order valence-corrected chi connectivity index (χ4v) is 3.14. The van der Waals surface area contributed by atoms with Crippen molar-refractivity contribution in [1.82, 2.24) is 25.1 Å². The van der Waals surface area contributed by atoms with E-state index in [2.05, 4.69) is 15.3 Å². The maximum absolute atomic E-state index is 12.0. The zero-order valence-electron chi connectivity index (χ0n) is 15.7. The molecule has 138 valence electrons. The van der Waals surface area contributed by atoms with Gasteiger partial charge < -0.3 is 15.1 Å². The van der Waals surface area contributed by atoms with Crippen molar-refractivity contribution < 1.29 is 9.59 Å². The minimum atomic E-state index is 0.106. The topological polar surface area (TPSA) is 78.4 Å². The Hall–Kier alpha value is -2.02. The van der Waals surface area contributed by atoms with Crippen LogP contribution in [0.15, 0.2) is 6.07 Å². The summed E-state index contributed by atoms with van der Waals surface area (Å²) >= 11 is 0. The molecule has 7 nitrogen and oxygen atoms in total. The fourth-order valence-electron chi connectivity index (χ4n) is 3.14. The predicted molar refractivity (Wildman–Crippen MR) is 96.3 cm³/mol. The number of nitrogens with zero attached hydrogens (tertiary/aromatic N) is 4. The highest BCUT2D eigenvalue weighted by molar-refractivity contribution is 5.78. The molecule has 0 aliphatic carbocycles. The lowest BCUT2D eigenvalue weighted by molar-refractivity contribution is -0.131. The van der Waals surface area contributed by atoms with Gasteiger partial charge in [-0.1, -0.05) is 0 Å². The number of aromatic nitrogens is 2. The maximum Gasteiger partial charge on any atom is 0.236 e. The van der Waals surface area contributed by atoms with Gasteiger partial charge in [0.05, 0.1) is 6.54 Å². The molecule has 25 heavy (non-hydrogen) atoms. The summed E-state index contributed by atoms with van der Waals surface area (Å²) in [6, 6.07) is 2.03. The number of carbonyl (C=O) groups excluding carboxylic acids is 2. The number of hydrogen-bond donors (Lipinski definition) is 1. The van der Waals surface area contributed by atoms with E-state index in [4.69, 9.17) is 0 Å². The third kappa shape index (κ3) is 5.49. The Bertz CT molecular complexity index is 609. The lowest BCUT2D eigenvalue weighted by Crippen LogP contribution is -2.42. The molecule has 2 heterocycles. The zero-order valence-corrected chi connectivity index (χ0v) is 15.7. The molecule has 2 amide bonds. The largest absolute Gasteiger partial charge is 0.349 e. The van der Waals surface area contributed by atoms with Crippen LogP contribution in [-0.2, 0) is 16.0 Å². The van der Waals surface area contributed by atoms with Gasteiger partial charge in [0.2, 0.25) is 11.8 Å². The molecule has 0 saturated carbocycles. The first-order chi connectivity index (χ1) is 11.9. The maximum atomic E-state index is 12.0. The van der Waals surface area contributed by atoms with E-state index in [-0.39, 0.29) is 11.8 Å². The van der Waals surface area contributed by atoms with Crippen LogP contribution in [0.3, 0.4) is 0 Å². The van der Waals surface area contributed by atoms with Crippen LogP contribution in [0.5, 0.6) is 0 Å². The molecule has 1 aliphatic heterocycles. The van der Waals surface area contributed by atoms with Crippen LogP contribution in [0, 0.1) is 6.92 Å². The molecule has 7 heteroatoms. The minimum Gasteiger partial charge on any atom is -0.349 e. The van der Waals surface area contributed by atoms with Gasteiger partial charge >= 0.3 is 0 Å². The number of aryl methyl sites for hydroxylation is 2. The molecule has 1 aliphatic rings. The predicted octanol–water partition coefficient (Wildman–Crippen LogP) is 0.731. The first-order valence-corrected chi connectivity index (χ1v) is 8.87. The highest BCUT2D eigenvalue weighted by Crippen LogP contribution is 2.27. The van der Waals surface area contributed by atoms with Crippen molar-refractivity contribution in [1.29, 1.82) is 0 Å². The van der Waals surface area contributed by atoms with Crippen molar-refractivity contribution in [3.63, 3.8) is 0 Å². The van der Waals surface area contributed by atoms with Crippen molar-refractivity contribution in [2.24, 2.45) is 0 Å². The van der Waals surface area contributed by atoms with Crippen molar-refractivity contribution in [3.05, 3.63) is 23.3 Å². The molecule has 1 aromatic heterocycles. The van der Waals surface area contributed by atoms with Gasteiger partial charge in [-0.2, -0.15) is 0 Å². The molecular weight excluding hydrogens is 318 g/mol. The summed E-state index contributed by atoms with van der Waals surface area (Å²) in [6.45, 7) is 3.82. The highest BCUT2D eigenvalue weighted by atomic mass is 16.2. The molecule has 0 unspecified atom stereocenters. The smallest absolute Gasteiger partial charge is 0.236 e.